The number of rotatable bonds is 3. The molecule has 3 rings (SSSR count). The third-order valence-corrected chi connectivity index (χ3v) is 2.76. The lowest BCUT2D eigenvalue weighted by molar-refractivity contribution is 0.174. The highest BCUT2D eigenvalue weighted by molar-refractivity contribution is 6.33. The summed E-state index contributed by atoms with van der Waals surface area (Å²) < 4.78 is 11.7. The van der Waals surface area contributed by atoms with Crippen LogP contribution in [-0.2, 0) is 0 Å². The van der Waals surface area contributed by atoms with Crippen molar-refractivity contribution >= 4 is 23.8 Å². The maximum Gasteiger partial charge on any atom is 0.263 e. The van der Waals surface area contributed by atoms with Gasteiger partial charge < -0.3 is 15.3 Å². The summed E-state index contributed by atoms with van der Waals surface area (Å²) in [6, 6.07) is 3.42. The Morgan fingerprint density at radius 1 is 1.42 bits per heavy atom. The maximum atomic E-state index is 6.09. The molecule has 0 aliphatic carbocycles. The third kappa shape index (κ3) is 2.25. The minimum atomic E-state index is 0.195. The minimum Gasteiger partial charge on any atom is -0.454 e. The summed E-state index contributed by atoms with van der Waals surface area (Å²) in [5.74, 6) is 7.08. The predicted molar refractivity (Wildman–Crippen MR) is 69.0 cm³/mol. The Balaban J connectivity index is 1.78. The van der Waals surface area contributed by atoms with Gasteiger partial charge in [-0.3, -0.25) is 0 Å². The zero-order valence-electron chi connectivity index (χ0n) is 9.58. The van der Waals surface area contributed by atoms with Gasteiger partial charge in [0.2, 0.25) is 6.79 Å². The van der Waals surface area contributed by atoms with E-state index in [2.05, 4.69) is 20.7 Å². The van der Waals surface area contributed by atoms with Crippen LogP contribution in [0.3, 0.4) is 0 Å². The number of hydrogen-bond donors (Lipinski definition) is 2. The van der Waals surface area contributed by atoms with Crippen molar-refractivity contribution in [2.45, 2.75) is 0 Å². The van der Waals surface area contributed by atoms with E-state index in [4.69, 9.17) is 26.9 Å². The Hall–Kier alpha value is -2.48. The SMILES string of the molecule is Nn1cnnc1N/N=C\c1cc2c(cc1Cl)OCO2. The lowest BCUT2D eigenvalue weighted by Crippen LogP contribution is -2.10. The second kappa shape index (κ2) is 4.65. The summed E-state index contributed by atoms with van der Waals surface area (Å²) in [6.07, 6.45) is 2.88. The van der Waals surface area contributed by atoms with Crippen molar-refractivity contribution in [3.8, 4) is 11.5 Å². The van der Waals surface area contributed by atoms with Crippen molar-refractivity contribution < 1.29 is 9.47 Å². The molecule has 19 heavy (non-hydrogen) atoms. The number of halogens is 1. The van der Waals surface area contributed by atoms with Gasteiger partial charge in [0.15, 0.2) is 11.5 Å². The fourth-order valence-electron chi connectivity index (χ4n) is 1.51. The molecule has 98 valence electrons. The lowest BCUT2D eigenvalue weighted by atomic mass is 10.2. The molecule has 1 aromatic heterocycles. The molecule has 0 saturated heterocycles. The van der Waals surface area contributed by atoms with E-state index < -0.39 is 0 Å². The molecule has 0 bridgehead atoms. The number of nitrogen functional groups attached to an aromatic ring is 1. The van der Waals surface area contributed by atoms with Crippen LogP contribution < -0.4 is 20.7 Å². The van der Waals surface area contributed by atoms with Crippen molar-refractivity contribution in [1.82, 2.24) is 14.9 Å². The van der Waals surface area contributed by atoms with Crippen LogP contribution in [0.4, 0.5) is 5.95 Å². The van der Waals surface area contributed by atoms with Crippen LogP contribution in [0.15, 0.2) is 23.6 Å². The van der Waals surface area contributed by atoms with Crippen LogP contribution in [0, 0.1) is 0 Å². The van der Waals surface area contributed by atoms with Crippen molar-refractivity contribution in [2.24, 2.45) is 5.10 Å². The molecule has 1 aliphatic rings. The van der Waals surface area contributed by atoms with Crippen molar-refractivity contribution in [3.05, 3.63) is 29.0 Å². The molecule has 9 heteroatoms. The van der Waals surface area contributed by atoms with Crippen LogP contribution in [0.25, 0.3) is 0 Å². The first-order chi connectivity index (χ1) is 9.24. The van der Waals surface area contributed by atoms with E-state index in [1.54, 1.807) is 12.1 Å². The third-order valence-electron chi connectivity index (χ3n) is 2.43. The van der Waals surface area contributed by atoms with Gasteiger partial charge >= 0.3 is 0 Å². The van der Waals surface area contributed by atoms with Gasteiger partial charge in [0.25, 0.3) is 5.95 Å². The summed E-state index contributed by atoms with van der Waals surface area (Å²) in [6.45, 7) is 0.195. The average molecular weight is 281 g/mol. The van der Waals surface area contributed by atoms with Crippen molar-refractivity contribution in [2.75, 3.05) is 18.1 Å². The Bertz CT molecular complexity index is 641. The highest BCUT2D eigenvalue weighted by Crippen LogP contribution is 2.36. The standard InChI is InChI=1S/C10H9ClN6O2/c11-7-2-9-8(18-5-19-9)1-6(7)3-13-15-10-16-14-4-17(10)12/h1-4H,5,12H2,(H,15,16)/b13-3-. The summed E-state index contributed by atoms with van der Waals surface area (Å²) in [7, 11) is 0. The topological polar surface area (TPSA) is 99.6 Å². The van der Waals surface area contributed by atoms with E-state index in [-0.39, 0.29) is 6.79 Å². The number of fused-ring (bicyclic) bond motifs is 1. The largest absolute Gasteiger partial charge is 0.454 e. The molecule has 0 radical (unpaired) electrons. The fourth-order valence-corrected chi connectivity index (χ4v) is 1.72. The summed E-state index contributed by atoms with van der Waals surface area (Å²) in [4.78, 5) is 0. The number of benzene rings is 1. The molecule has 0 spiro atoms. The van der Waals surface area contributed by atoms with Gasteiger partial charge in [0.05, 0.1) is 11.2 Å². The number of anilines is 1. The maximum absolute atomic E-state index is 6.09. The van der Waals surface area contributed by atoms with E-state index in [9.17, 15) is 0 Å². The normalized spacial score (nSPS) is 13.1. The number of hydrogen-bond acceptors (Lipinski definition) is 7. The Morgan fingerprint density at radius 2 is 2.21 bits per heavy atom. The lowest BCUT2D eigenvalue weighted by Gasteiger charge is -2.01. The minimum absolute atomic E-state index is 0.195. The summed E-state index contributed by atoms with van der Waals surface area (Å²) in [5, 5.41) is 11.8. The van der Waals surface area contributed by atoms with Gasteiger partial charge in [-0.1, -0.05) is 11.6 Å². The second-order valence-corrected chi connectivity index (χ2v) is 4.07. The molecule has 0 amide bonds. The van der Waals surface area contributed by atoms with Crippen LogP contribution >= 0.6 is 11.6 Å². The number of nitrogens with one attached hydrogen (secondary N) is 1. The predicted octanol–water partition coefficient (Wildman–Crippen LogP) is 0.820. The molecule has 2 aromatic rings. The number of nitrogens with two attached hydrogens (primary N) is 1. The monoisotopic (exact) mass is 280 g/mol. The average Bonchev–Trinajstić information content (AvgIpc) is 2.99. The van der Waals surface area contributed by atoms with Crippen LogP contribution in [-0.4, -0.2) is 27.9 Å². The molecule has 1 aromatic carbocycles. The van der Waals surface area contributed by atoms with Crippen LogP contribution in [0.1, 0.15) is 5.56 Å². The van der Waals surface area contributed by atoms with Gasteiger partial charge in [-0.2, -0.15) is 5.10 Å². The van der Waals surface area contributed by atoms with Gasteiger partial charge in [-0.25, -0.2) is 10.1 Å². The first kappa shape index (κ1) is 11.6. The molecule has 1 aliphatic heterocycles. The Labute approximate surface area is 112 Å². The molecular weight excluding hydrogens is 272 g/mol. The summed E-state index contributed by atoms with van der Waals surface area (Å²) >= 11 is 6.09. The number of aromatic nitrogens is 3. The summed E-state index contributed by atoms with van der Waals surface area (Å²) in [5.41, 5.74) is 3.32. The smallest absolute Gasteiger partial charge is 0.263 e. The zero-order valence-corrected chi connectivity index (χ0v) is 10.3. The first-order valence-electron chi connectivity index (χ1n) is 5.27. The van der Waals surface area contributed by atoms with Gasteiger partial charge in [-0.15, -0.1) is 10.2 Å². The van der Waals surface area contributed by atoms with Gasteiger partial charge in [0, 0.05) is 11.6 Å². The van der Waals surface area contributed by atoms with E-state index >= 15 is 0 Å². The number of nitrogens with zero attached hydrogens (tertiary/aromatic N) is 4. The van der Waals surface area contributed by atoms with Gasteiger partial charge in [-0.05, 0) is 6.07 Å². The van der Waals surface area contributed by atoms with E-state index in [1.807, 2.05) is 0 Å². The quantitative estimate of drug-likeness (QED) is 0.490. The Kier molecular flexibility index (Phi) is 2.84. The fraction of sp³-hybridized carbons (Fsp3) is 0.100. The molecule has 0 fully saturated rings. The van der Waals surface area contributed by atoms with Crippen molar-refractivity contribution in [3.63, 3.8) is 0 Å². The van der Waals surface area contributed by atoms with Crippen LogP contribution in [0.2, 0.25) is 5.02 Å². The highest BCUT2D eigenvalue weighted by Gasteiger charge is 2.15. The van der Waals surface area contributed by atoms with E-state index in [0.717, 1.165) is 0 Å². The highest BCUT2D eigenvalue weighted by atomic mass is 35.5. The molecule has 0 unspecified atom stereocenters. The molecule has 8 nitrogen and oxygen atoms in total. The molecule has 3 N–H and O–H groups in total. The molecule has 0 atom stereocenters. The van der Waals surface area contributed by atoms with E-state index in [0.29, 0.717) is 28.0 Å². The van der Waals surface area contributed by atoms with Gasteiger partial charge in [0.1, 0.15) is 6.33 Å². The molecule has 2 heterocycles. The zero-order chi connectivity index (χ0) is 13.2. The first-order valence-corrected chi connectivity index (χ1v) is 5.65. The second-order valence-electron chi connectivity index (χ2n) is 3.66. The van der Waals surface area contributed by atoms with Crippen LogP contribution in [0.5, 0.6) is 11.5 Å². The van der Waals surface area contributed by atoms with E-state index in [1.165, 1.54) is 17.2 Å². The number of hydrazone groups is 1. The molecule has 0 saturated carbocycles. The van der Waals surface area contributed by atoms with Crippen molar-refractivity contribution in [1.29, 1.82) is 0 Å². The molecular formula is C10H9ClN6O2. The number of ether oxygens (including phenoxy) is 2. The Morgan fingerprint density at radius 3 is 2.95 bits per heavy atom.